The molecule has 0 saturated heterocycles. The van der Waals surface area contributed by atoms with E-state index in [4.69, 9.17) is 0 Å². The number of pyridine rings is 1. The van der Waals surface area contributed by atoms with Crippen LogP contribution in [0.15, 0.2) is 54.9 Å². The van der Waals surface area contributed by atoms with Crippen LogP contribution in [0, 0.1) is 0 Å². The van der Waals surface area contributed by atoms with Crippen LogP contribution in [0.3, 0.4) is 0 Å². The lowest BCUT2D eigenvalue weighted by Crippen LogP contribution is -2.28. The van der Waals surface area contributed by atoms with Crippen LogP contribution in [0.5, 0.6) is 0 Å². The Bertz CT molecular complexity index is 951. The molecular formula is C19H17N5O2. The Morgan fingerprint density at radius 3 is 2.77 bits per heavy atom. The second-order valence-electron chi connectivity index (χ2n) is 6.09. The van der Waals surface area contributed by atoms with Crippen LogP contribution in [0.2, 0.25) is 0 Å². The second kappa shape index (κ2) is 6.79. The van der Waals surface area contributed by atoms with Gasteiger partial charge >= 0.3 is 0 Å². The minimum atomic E-state index is -0.396. The normalized spacial score (nSPS) is 15.3. The first kappa shape index (κ1) is 16.0. The molecule has 7 nitrogen and oxygen atoms in total. The van der Waals surface area contributed by atoms with E-state index in [1.165, 1.54) is 18.0 Å². The molecule has 4 rings (SSSR count). The highest BCUT2D eigenvalue weighted by Crippen LogP contribution is 2.31. The van der Waals surface area contributed by atoms with Crippen molar-refractivity contribution in [3.05, 3.63) is 77.4 Å². The average Bonchev–Trinajstić information content (AvgIpc) is 3.30. The van der Waals surface area contributed by atoms with Gasteiger partial charge in [0.2, 0.25) is 0 Å². The van der Waals surface area contributed by atoms with Crippen molar-refractivity contribution in [1.29, 1.82) is 0 Å². The summed E-state index contributed by atoms with van der Waals surface area (Å²) in [5.74, 6) is -0.701. The summed E-state index contributed by atoms with van der Waals surface area (Å²) < 4.78 is 0. The van der Waals surface area contributed by atoms with Gasteiger partial charge < -0.3 is 10.6 Å². The van der Waals surface area contributed by atoms with E-state index in [0.717, 1.165) is 18.4 Å². The van der Waals surface area contributed by atoms with Gasteiger partial charge in [-0.3, -0.25) is 19.7 Å². The number of nitrogens with one attached hydrogen (secondary N) is 3. The summed E-state index contributed by atoms with van der Waals surface area (Å²) in [6.07, 6.45) is 4.75. The van der Waals surface area contributed by atoms with Crippen molar-refractivity contribution >= 4 is 17.5 Å². The quantitative estimate of drug-likeness (QED) is 0.675. The van der Waals surface area contributed by atoms with Crippen molar-refractivity contribution in [3.63, 3.8) is 0 Å². The number of hydrogen-bond acceptors (Lipinski definition) is 4. The number of aromatic amines is 1. The van der Waals surface area contributed by atoms with E-state index >= 15 is 0 Å². The summed E-state index contributed by atoms with van der Waals surface area (Å²) in [6, 6.07) is 13.1. The Balaban J connectivity index is 1.48. The van der Waals surface area contributed by atoms with Gasteiger partial charge in [0.1, 0.15) is 11.4 Å². The number of fused-ring (bicyclic) bond motifs is 1. The van der Waals surface area contributed by atoms with E-state index in [9.17, 15) is 9.59 Å². The minimum Gasteiger partial charge on any atom is -0.344 e. The zero-order chi connectivity index (χ0) is 17.9. The van der Waals surface area contributed by atoms with E-state index in [0.29, 0.717) is 5.69 Å². The van der Waals surface area contributed by atoms with E-state index in [1.54, 1.807) is 18.2 Å². The van der Waals surface area contributed by atoms with Gasteiger partial charge in [-0.2, -0.15) is 5.10 Å². The smallest absolute Gasteiger partial charge is 0.274 e. The van der Waals surface area contributed by atoms with Gasteiger partial charge in [0.15, 0.2) is 0 Å². The predicted octanol–water partition coefficient (Wildman–Crippen LogP) is 2.47. The molecule has 2 amide bonds. The number of amides is 2. The number of H-pyrrole nitrogens is 1. The Morgan fingerprint density at radius 2 is 1.92 bits per heavy atom. The molecule has 1 aromatic carbocycles. The molecule has 3 aromatic rings. The number of aryl methyl sites for hydroxylation is 1. The van der Waals surface area contributed by atoms with Gasteiger partial charge in [-0.1, -0.05) is 30.3 Å². The summed E-state index contributed by atoms with van der Waals surface area (Å²) in [5, 5.41) is 12.2. The maximum Gasteiger partial charge on any atom is 0.274 e. The fourth-order valence-electron chi connectivity index (χ4n) is 3.17. The first-order chi connectivity index (χ1) is 12.7. The molecule has 0 aliphatic heterocycles. The van der Waals surface area contributed by atoms with Gasteiger partial charge in [0.05, 0.1) is 17.9 Å². The van der Waals surface area contributed by atoms with Crippen LogP contribution < -0.4 is 10.6 Å². The number of nitrogens with zero attached hydrogens (tertiary/aromatic N) is 2. The molecule has 7 heteroatoms. The summed E-state index contributed by atoms with van der Waals surface area (Å²) in [6.45, 7) is 0. The fraction of sp³-hybridized carbons (Fsp3) is 0.158. The van der Waals surface area contributed by atoms with Gasteiger partial charge in [0.25, 0.3) is 11.8 Å². The topological polar surface area (TPSA) is 99.8 Å². The van der Waals surface area contributed by atoms with Crippen LogP contribution in [0.25, 0.3) is 0 Å². The Morgan fingerprint density at radius 1 is 1.08 bits per heavy atom. The molecule has 0 fully saturated rings. The maximum atomic E-state index is 12.7. The molecule has 3 N–H and O–H groups in total. The number of rotatable bonds is 4. The summed E-state index contributed by atoms with van der Waals surface area (Å²) in [4.78, 5) is 28.9. The third-order valence-electron chi connectivity index (χ3n) is 4.45. The Labute approximate surface area is 149 Å². The number of hydrogen-bond donors (Lipinski definition) is 3. The molecule has 1 aliphatic carbocycles. The van der Waals surface area contributed by atoms with Crippen LogP contribution >= 0.6 is 0 Å². The molecule has 2 aromatic heterocycles. The average molecular weight is 347 g/mol. The number of anilines is 1. The standard InChI is InChI=1S/C19H17N5O2/c25-18(15-7-3-4-10-20-15)23-16-11-21-24-17(16)19(26)22-14-9-8-12-5-1-2-6-13(12)14/h1-7,10-11,14H,8-9H2,(H,21,24)(H,22,26)(H,23,25). The van der Waals surface area contributed by atoms with Crippen LogP contribution in [0.1, 0.15) is 44.6 Å². The first-order valence-electron chi connectivity index (χ1n) is 8.37. The molecule has 0 bridgehead atoms. The highest BCUT2D eigenvalue weighted by atomic mass is 16.2. The zero-order valence-electron chi connectivity index (χ0n) is 13.9. The molecule has 1 unspecified atom stereocenters. The van der Waals surface area contributed by atoms with Gasteiger partial charge in [0, 0.05) is 6.20 Å². The Kier molecular flexibility index (Phi) is 4.18. The van der Waals surface area contributed by atoms with Crippen molar-refractivity contribution in [2.45, 2.75) is 18.9 Å². The van der Waals surface area contributed by atoms with E-state index in [2.05, 4.69) is 31.9 Å². The second-order valence-corrected chi connectivity index (χ2v) is 6.09. The lowest BCUT2D eigenvalue weighted by Gasteiger charge is -2.14. The van der Waals surface area contributed by atoms with Crippen molar-refractivity contribution in [1.82, 2.24) is 20.5 Å². The molecule has 1 atom stereocenters. The SMILES string of the molecule is O=C(Nc1cn[nH]c1C(=O)NC1CCc2ccccc21)c1ccccn1. The monoisotopic (exact) mass is 347 g/mol. The maximum absolute atomic E-state index is 12.7. The molecule has 26 heavy (non-hydrogen) atoms. The predicted molar refractivity (Wildman–Crippen MR) is 95.7 cm³/mol. The molecule has 1 aliphatic rings. The van der Waals surface area contributed by atoms with Gasteiger partial charge in [-0.15, -0.1) is 0 Å². The van der Waals surface area contributed by atoms with E-state index in [1.807, 2.05) is 18.2 Å². The van der Waals surface area contributed by atoms with Gasteiger partial charge in [-0.05, 0) is 36.1 Å². The van der Waals surface area contributed by atoms with Crippen LogP contribution in [0.4, 0.5) is 5.69 Å². The van der Waals surface area contributed by atoms with E-state index in [-0.39, 0.29) is 23.3 Å². The first-order valence-corrected chi connectivity index (χ1v) is 8.37. The summed E-state index contributed by atoms with van der Waals surface area (Å²) >= 11 is 0. The van der Waals surface area contributed by atoms with Crippen molar-refractivity contribution in [2.24, 2.45) is 0 Å². The highest BCUT2D eigenvalue weighted by Gasteiger charge is 2.25. The molecule has 130 valence electrons. The summed E-state index contributed by atoms with van der Waals surface area (Å²) in [7, 11) is 0. The molecule has 0 spiro atoms. The van der Waals surface area contributed by atoms with Gasteiger partial charge in [-0.25, -0.2) is 0 Å². The third kappa shape index (κ3) is 3.06. The molecule has 2 heterocycles. The summed E-state index contributed by atoms with van der Waals surface area (Å²) in [5.41, 5.74) is 3.21. The van der Waals surface area contributed by atoms with Crippen LogP contribution in [-0.2, 0) is 6.42 Å². The Hall–Kier alpha value is -3.48. The number of carbonyl (C=O) groups excluding carboxylic acids is 2. The highest BCUT2D eigenvalue weighted by molar-refractivity contribution is 6.07. The molecular weight excluding hydrogens is 330 g/mol. The number of benzene rings is 1. The number of aromatic nitrogens is 3. The minimum absolute atomic E-state index is 0.0404. The zero-order valence-corrected chi connectivity index (χ0v) is 13.9. The van der Waals surface area contributed by atoms with E-state index < -0.39 is 5.91 Å². The number of carbonyl (C=O) groups is 2. The lowest BCUT2D eigenvalue weighted by atomic mass is 10.1. The largest absolute Gasteiger partial charge is 0.344 e. The third-order valence-corrected chi connectivity index (χ3v) is 4.45. The van der Waals surface area contributed by atoms with Crippen molar-refractivity contribution in [2.75, 3.05) is 5.32 Å². The lowest BCUT2D eigenvalue weighted by molar-refractivity contribution is 0.0932. The van der Waals surface area contributed by atoms with Crippen LogP contribution in [-0.4, -0.2) is 27.0 Å². The van der Waals surface area contributed by atoms with Crippen molar-refractivity contribution < 1.29 is 9.59 Å². The fourth-order valence-corrected chi connectivity index (χ4v) is 3.17. The molecule has 0 saturated carbocycles. The molecule has 0 radical (unpaired) electrons. The van der Waals surface area contributed by atoms with Crippen molar-refractivity contribution in [3.8, 4) is 0 Å².